The molecule has 0 saturated carbocycles. The van der Waals surface area contributed by atoms with Crippen molar-refractivity contribution in [3.63, 3.8) is 0 Å². The van der Waals surface area contributed by atoms with Crippen molar-refractivity contribution >= 4 is 29.4 Å². The second-order valence-corrected chi connectivity index (χ2v) is 6.17. The average Bonchev–Trinajstić information content (AvgIpc) is 3.16. The van der Waals surface area contributed by atoms with Crippen LogP contribution in [0, 0.1) is 10.1 Å². The first-order chi connectivity index (χ1) is 14.4. The van der Waals surface area contributed by atoms with Crippen molar-refractivity contribution in [2.24, 2.45) is 5.10 Å². The number of nitrogens with one attached hydrogen (secondary N) is 2. The minimum Gasteiger partial charge on any atom is -0.326 e. The van der Waals surface area contributed by atoms with Gasteiger partial charge in [-0.15, -0.1) is 5.10 Å². The molecule has 30 heavy (non-hydrogen) atoms. The Morgan fingerprint density at radius 1 is 1.23 bits per heavy atom. The van der Waals surface area contributed by atoms with E-state index in [9.17, 15) is 19.7 Å². The summed E-state index contributed by atoms with van der Waals surface area (Å²) in [5.41, 5.74) is 4.33. The van der Waals surface area contributed by atoms with Crippen LogP contribution in [-0.2, 0) is 16.1 Å². The highest BCUT2D eigenvalue weighted by molar-refractivity contribution is 5.89. The van der Waals surface area contributed by atoms with E-state index < -0.39 is 10.8 Å². The van der Waals surface area contributed by atoms with E-state index in [2.05, 4.69) is 26.2 Å². The second kappa shape index (κ2) is 9.19. The van der Waals surface area contributed by atoms with Crippen LogP contribution in [0.1, 0.15) is 12.5 Å². The van der Waals surface area contributed by atoms with Gasteiger partial charge >= 0.3 is 0 Å². The number of carbonyl (C=O) groups is 2. The van der Waals surface area contributed by atoms with Gasteiger partial charge in [-0.05, 0) is 18.2 Å². The number of hydrogen-bond acceptors (Lipinski definition) is 7. The van der Waals surface area contributed by atoms with E-state index in [4.69, 9.17) is 0 Å². The summed E-state index contributed by atoms with van der Waals surface area (Å²) in [4.78, 5) is 33.7. The third-order valence-corrected chi connectivity index (χ3v) is 3.85. The SMILES string of the molecule is CC(=O)Nc1cccc(-c2cn(CC(=O)N/N=C/c3ccccc3[N+](=O)[O-])nn2)c1. The Labute approximate surface area is 170 Å². The lowest BCUT2D eigenvalue weighted by Gasteiger charge is -2.03. The molecule has 2 N–H and O–H groups in total. The van der Waals surface area contributed by atoms with Crippen molar-refractivity contribution in [1.82, 2.24) is 20.4 Å². The van der Waals surface area contributed by atoms with Gasteiger partial charge < -0.3 is 5.32 Å². The lowest BCUT2D eigenvalue weighted by molar-refractivity contribution is -0.385. The number of aromatic nitrogens is 3. The molecule has 0 aliphatic heterocycles. The first kappa shape index (κ1) is 20.3. The fourth-order valence-electron chi connectivity index (χ4n) is 2.59. The maximum Gasteiger partial charge on any atom is 0.278 e. The Bertz CT molecular complexity index is 1120. The molecule has 0 aliphatic carbocycles. The predicted octanol–water partition coefficient (Wildman–Crippen LogP) is 1.96. The van der Waals surface area contributed by atoms with Crippen LogP contribution in [0.2, 0.25) is 0 Å². The van der Waals surface area contributed by atoms with E-state index >= 15 is 0 Å². The third kappa shape index (κ3) is 5.32. The molecule has 0 atom stereocenters. The van der Waals surface area contributed by atoms with Crippen LogP contribution in [0.3, 0.4) is 0 Å². The van der Waals surface area contributed by atoms with E-state index in [1.165, 1.54) is 30.0 Å². The summed E-state index contributed by atoms with van der Waals surface area (Å²) in [6.07, 6.45) is 2.79. The van der Waals surface area contributed by atoms with Crippen LogP contribution in [0.5, 0.6) is 0 Å². The number of benzene rings is 2. The van der Waals surface area contributed by atoms with Crippen LogP contribution in [-0.4, -0.2) is 37.9 Å². The number of amides is 2. The van der Waals surface area contributed by atoms with E-state index in [1.807, 2.05) is 0 Å². The Morgan fingerprint density at radius 3 is 2.80 bits per heavy atom. The summed E-state index contributed by atoms with van der Waals surface area (Å²) < 4.78 is 1.33. The molecule has 0 radical (unpaired) electrons. The second-order valence-electron chi connectivity index (χ2n) is 6.17. The van der Waals surface area contributed by atoms with Gasteiger partial charge in [0.15, 0.2) is 0 Å². The van der Waals surface area contributed by atoms with Gasteiger partial charge in [-0.1, -0.05) is 29.5 Å². The van der Waals surface area contributed by atoms with Crippen molar-refractivity contribution in [1.29, 1.82) is 0 Å². The van der Waals surface area contributed by atoms with E-state index in [1.54, 1.807) is 42.6 Å². The van der Waals surface area contributed by atoms with Crippen molar-refractivity contribution < 1.29 is 14.5 Å². The quantitative estimate of drug-likeness (QED) is 0.348. The molecule has 0 aliphatic rings. The van der Waals surface area contributed by atoms with E-state index in [-0.39, 0.29) is 23.7 Å². The molecule has 152 valence electrons. The molecule has 11 nitrogen and oxygen atoms in total. The van der Waals surface area contributed by atoms with Crippen molar-refractivity contribution in [2.45, 2.75) is 13.5 Å². The fraction of sp³-hybridized carbons (Fsp3) is 0.105. The van der Waals surface area contributed by atoms with E-state index in [0.29, 0.717) is 11.4 Å². The maximum atomic E-state index is 12.0. The van der Waals surface area contributed by atoms with Crippen molar-refractivity contribution in [3.8, 4) is 11.3 Å². The van der Waals surface area contributed by atoms with Crippen LogP contribution in [0.15, 0.2) is 59.8 Å². The molecular formula is C19H17N7O4. The van der Waals surface area contributed by atoms with Gasteiger partial charge in [-0.3, -0.25) is 19.7 Å². The smallest absolute Gasteiger partial charge is 0.278 e. The van der Waals surface area contributed by atoms with Crippen LogP contribution in [0.25, 0.3) is 11.3 Å². The summed E-state index contributed by atoms with van der Waals surface area (Å²) >= 11 is 0. The summed E-state index contributed by atoms with van der Waals surface area (Å²) in [5, 5.41) is 25.3. The van der Waals surface area contributed by atoms with Crippen LogP contribution in [0.4, 0.5) is 11.4 Å². The zero-order valence-corrected chi connectivity index (χ0v) is 15.8. The van der Waals surface area contributed by atoms with Gasteiger partial charge in [0.05, 0.1) is 22.9 Å². The molecule has 0 saturated heterocycles. The number of nitro groups is 1. The molecular weight excluding hydrogens is 390 g/mol. The molecule has 3 aromatic rings. The molecule has 0 fully saturated rings. The largest absolute Gasteiger partial charge is 0.326 e. The van der Waals surface area contributed by atoms with Gasteiger partial charge in [0.25, 0.3) is 11.6 Å². The minimum absolute atomic E-state index is 0.113. The zero-order chi connectivity index (χ0) is 21.5. The summed E-state index contributed by atoms with van der Waals surface area (Å²) in [5.74, 6) is -0.665. The number of anilines is 1. The number of hydrogen-bond donors (Lipinski definition) is 2. The highest BCUT2D eigenvalue weighted by atomic mass is 16.6. The number of rotatable bonds is 7. The Hall–Kier alpha value is -4.41. The monoisotopic (exact) mass is 407 g/mol. The first-order valence-electron chi connectivity index (χ1n) is 8.76. The summed E-state index contributed by atoms with van der Waals surface area (Å²) in [6, 6.07) is 13.1. The van der Waals surface area contributed by atoms with Gasteiger partial charge in [0, 0.05) is 24.2 Å². The Morgan fingerprint density at radius 2 is 2.03 bits per heavy atom. The third-order valence-electron chi connectivity index (χ3n) is 3.85. The molecule has 1 heterocycles. The molecule has 0 spiro atoms. The molecule has 2 aromatic carbocycles. The summed E-state index contributed by atoms with van der Waals surface area (Å²) in [7, 11) is 0. The van der Waals surface area contributed by atoms with Gasteiger partial charge in [-0.25, -0.2) is 10.1 Å². The van der Waals surface area contributed by atoms with E-state index in [0.717, 1.165) is 5.56 Å². The van der Waals surface area contributed by atoms with Crippen molar-refractivity contribution in [2.75, 3.05) is 5.32 Å². The van der Waals surface area contributed by atoms with Crippen molar-refractivity contribution in [3.05, 3.63) is 70.4 Å². The number of nitrogens with zero attached hydrogens (tertiary/aromatic N) is 5. The topological polar surface area (TPSA) is 144 Å². The molecule has 3 rings (SSSR count). The van der Waals surface area contributed by atoms with Gasteiger partial charge in [0.2, 0.25) is 5.91 Å². The Balaban J connectivity index is 1.62. The van der Waals surface area contributed by atoms with Crippen LogP contribution >= 0.6 is 0 Å². The van der Waals surface area contributed by atoms with Crippen LogP contribution < -0.4 is 10.7 Å². The van der Waals surface area contributed by atoms with Gasteiger partial charge in [-0.2, -0.15) is 5.10 Å². The predicted molar refractivity (Wildman–Crippen MR) is 109 cm³/mol. The highest BCUT2D eigenvalue weighted by Crippen LogP contribution is 2.20. The Kier molecular flexibility index (Phi) is 6.23. The number of hydrazone groups is 1. The lowest BCUT2D eigenvalue weighted by Crippen LogP contribution is -2.23. The van der Waals surface area contributed by atoms with Gasteiger partial charge in [0.1, 0.15) is 12.2 Å². The highest BCUT2D eigenvalue weighted by Gasteiger charge is 2.11. The minimum atomic E-state index is -0.527. The normalized spacial score (nSPS) is 10.7. The molecule has 11 heteroatoms. The lowest BCUT2D eigenvalue weighted by atomic mass is 10.1. The average molecular weight is 407 g/mol. The first-order valence-corrected chi connectivity index (χ1v) is 8.76. The summed E-state index contributed by atoms with van der Waals surface area (Å²) in [6.45, 7) is 1.27. The maximum absolute atomic E-state index is 12.0. The zero-order valence-electron chi connectivity index (χ0n) is 15.8. The molecule has 0 unspecified atom stereocenters. The fourth-order valence-corrected chi connectivity index (χ4v) is 2.59. The molecule has 2 amide bonds. The number of nitro benzene ring substituents is 1. The number of para-hydroxylation sites is 1. The molecule has 1 aromatic heterocycles. The standard InChI is InChI=1S/C19H17N7O4/c1-13(27)21-16-7-4-6-14(9-16)17-11-25(24-22-17)12-19(28)23-20-10-15-5-2-3-8-18(15)26(29)30/h2-11H,12H2,1H3,(H,21,27)(H,23,28)/b20-10+. The number of carbonyl (C=O) groups excluding carboxylic acids is 2. The molecule has 0 bridgehead atoms.